The fourth-order valence-electron chi connectivity index (χ4n) is 3.21. The third-order valence-electron chi connectivity index (χ3n) is 4.51. The lowest BCUT2D eigenvalue weighted by Crippen LogP contribution is -2.40. The monoisotopic (exact) mass is 408 g/mol. The molecule has 1 unspecified atom stereocenters. The molecule has 3 heterocycles. The van der Waals surface area contributed by atoms with E-state index in [-0.39, 0.29) is 29.8 Å². The number of aliphatic imine (C=N–C) groups is 1. The Bertz CT molecular complexity index is 1350. The summed E-state index contributed by atoms with van der Waals surface area (Å²) in [4.78, 5) is 46.8. The molecule has 146 valence electrons. The minimum Gasteiger partial charge on any atom is -0.294 e. The van der Waals surface area contributed by atoms with Crippen molar-refractivity contribution in [1.29, 1.82) is 0 Å². The van der Waals surface area contributed by atoms with Crippen molar-refractivity contribution in [3.63, 3.8) is 0 Å². The van der Waals surface area contributed by atoms with Crippen LogP contribution in [-0.2, 0) is 22.1 Å². The van der Waals surface area contributed by atoms with Crippen LogP contribution in [0.1, 0.15) is 6.42 Å². The first kappa shape index (κ1) is 18.9. The molecule has 1 atom stereocenters. The van der Waals surface area contributed by atoms with E-state index in [9.17, 15) is 18.6 Å². The summed E-state index contributed by atoms with van der Waals surface area (Å²) in [5, 5.41) is 0.232. The molecule has 0 N–H and O–H groups in total. The number of carbonyl (C=O) groups excluding carboxylic acids is 1. The lowest BCUT2D eigenvalue weighted by molar-refractivity contribution is -0.113. The van der Waals surface area contributed by atoms with Crippen LogP contribution in [0.25, 0.3) is 16.7 Å². The molecule has 0 saturated carbocycles. The molecule has 9 heteroatoms. The van der Waals surface area contributed by atoms with Crippen molar-refractivity contribution < 1.29 is 9.00 Å². The second kappa shape index (κ2) is 7.51. The molecule has 29 heavy (non-hydrogen) atoms. The summed E-state index contributed by atoms with van der Waals surface area (Å²) in [7, 11) is -1.37. The first-order chi connectivity index (χ1) is 14.0. The molecule has 1 aromatic carbocycles. The van der Waals surface area contributed by atoms with Crippen LogP contribution >= 0.6 is 0 Å². The summed E-state index contributed by atoms with van der Waals surface area (Å²) >= 11 is 0. The van der Waals surface area contributed by atoms with E-state index in [1.165, 1.54) is 29.3 Å². The summed E-state index contributed by atoms with van der Waals surface area (Å²) in [5.41, 5.74) is -0.295. The highest BCUT2D eigenvalue weighted by molar-refractivity contribution is 7.84. The van der Waals surface area contributed by atoms with E-state index in [0.717, 1.165) is 4.57 Å². The molecule has 0 aliphatic carbocycles. The van der Waals surface area contributed by atoms with E-state index in [4.69, 9.17) is 0 Å². The van der Waals surface area contributed by atoms with Gasteiger partial charge in [-0.2, -0.15) is 0 Å². The Kier molecular flexibility index (Phi) is 4.89. The van der Waals surface area contributed by atoms with Crippen molar-refractivity contribution in [1.82, 2.24) is 14.1 Å². The molecule has 0 radical (unpaired) electrons. The molecular weight excluding hydrogens is 392 g/mol. The lowest BCUT2D eigenvalue weighted by atomic mass is 10.2. The van der Waals surface area contributed by atoms with Crippen molar-refractivity contribution in [2.75, 3.05) is 6.26 Å². The Balaban J connectivity index is 2.05. The van der Waals surface area contributed by atoms with E-state index in [2.05, 4.69) is 9.98 Å². The zero-order chi connectivity index (χ0) is 20.5. The average molecular weight is 408 g/mol. The van der Waals surface area contributed by atoms with E-state index < -0.39 is 22.0 Å². The van der Waals surface area contributed by atoms with Crippen LogP contribution in [0.2, 0.25) is 0 Å². The number of nitrogens with zero attached hydrogens (tertiary/aromatic N) is 4. The van der Waals surface area contributed by atoms with Crippen LogP contribution in [0.3, 0.4) is 0 Å². The molecule has 8 nitrogen and oxygen atoms in total. The standard InChI is InChI=1S/C20H16N4O4S/c1-29(28)17-7-3-2-6-16(17)24-18-15(5-4-9-22-18)19(26)23(20(24)27)12-13-11-14(25)8-10-21-13/h2-7,9-11H,8,12H2,1H3. The summed E-state index contributed by atoms with van der Waals surface area (Å²) < 4.78 is 14.5. The van der Waals surface area contributed by atoms with Crippen LogP contribution in [0.4, 0.5) is 0 Å². The van der Waals surface area contributed by atoms with Crippen LogP contribution in [-0.4, -0.2) is 36.6 Å². The third-order valence-corrected chi connectivity index (χ3v) is 5.47. The first-order valence-corrected chi connectivity index (χ1v) is 10.3. The molecule has 0 saturated heterocycles. The van der Waals surface area contributed by atoms with Crippen molar-refractivity contribution in [2.45, 2.75) is 17.9 Å². The van der Waals surface area contributed by atoms with Crippen LogP contribution in [0, 0.1) is 0 Å². The maximum absolute atomic E-state index is 13.4. The molecule has 3 aromatic rings. The number of allylic oxidation sites excluding steroid dienone is 2. The predicted molar refractivity (Wildman–Crippen MR) is 110 cm³/mol. The van der Waals surface area contributed by atoms with Gasteiger partial charge in [0.25, 0.3) is 5.56 Å². The molecule has 1 aliphatic heterocycles. The van der Waals surface area contributed by atoms with Crippen molar-refractivity contribution in [3.8, 4) is 5.69 Å². The summed E-state index contributed by atoms with van der Waals surface area (Å²) in [6, 6.07) is 9.94. The van der Waals surface area contributed by atoms with E-state index in [1.54, 1.807) is 36.4 Å². The van der Waals surface area contributed by atoms with Gasteiger partial charge in [-0.25, -0.2) is 14.3 Å². The minimum atomic E-state index is -1.37. The molecule has 0 bridgehead atoms. The summed E-state index contributed by atoms with van der Waals surface area (Å²) in [5.74, 6) is -0.141. The number of fused-ring (bicyclic) bond motifs is 1. The van der Waals surface area contributed by atoms with Gasteiger partial charge >= 0.3 is 5.69 Å². The number of aromatic nitrogens is 3. The zero-order valence-corrected chi connectivity index (χ0v) is 16.3. The third kappa shape index (κ3) is 3.40. The molecule has 0 spiro atoms. The second-order valence-electron chi connectivity index (χ2n) is 6.42. The fraction of sp³-hybridized carbons (Fsp3) is 0.150. The van der Waals surface area contributed by atoms with Crippen molar-refractivity contribution in [2.24, 2.45) is 4.99 Å². The van der Waals surface area contributed by atoms with E-state index in [0.29, 0.717) is 16.3 Å². The highest BCUT2D eigenvalue weighted by Crippen LogP contribution is 2.19. The number of ketones is 1. The van der Waals surface area contributed by atoms with Gasteiger partial charge in [0.1, 0.15) is 0 Å². The first-order valence-electron chi connectivity index (χ1n) is 8.76. The van der Waals surface area contributed by atoms with Gasteiger partial charge in [-0.1, -0.05) is 12.1 Å². The largest absolute Gasteiger partial charge is 0.337 e. The molecule has 2 aromatic heterocycles. The van der Waals surface area contributed by atoms with Gasteiger partial charge in [-0.15, -0.1) is 0 Å². The number of carbonyl (C=O) groups is 1. The van der Waals surface area contributed by atoms with Gasteiger partial charge in [0.15, 0.2) is 11.4 Å². The van der Waals surface area contributed by atoms with Gasteiger partial charge in [0, 0.05) is 31.2 Å². The zero-order valence-electron chi connectivity index (χ0n) is 15.4. The lowest BCUT2D eigenvalue weighted by Gasteiger charge is -2.16. The quantitative estimate of drug-likeness (QED) is 0.646. The summed E-state index contributed by atoms with van der Waals surface area (Å²) in [6.07, 6.45) is 5.99. The van der Waals surface area contributed by atoms with Gasteiger partial charge in [0.2, 0.25) is 0 Å². The van der Waals surface area contributed by atoms with Crippen LogP contribution < -0.4 is 11.2 Å². The SMILES string of the molecule is CS(=O)c1ccccc1-n1c(=O)n(CC2=CC(=O)CC=N2)c(=O)c2cccnc21. The van der Waals surface area contributed by atoms with Crippen molar-refractivity contribution >= 4 is 33.8 Å². The Morgan fingerprint density at radius 3 is 2.66 bits per heavy atom. The highest BCUT2D eigenvalue weighted by atomic mass is 32.2. The van der Waals surface area contributed by atoms with E-state index in [1.807, 2.05) is 0 Å². The van der Waals surface area contributed by atoms with Gasteiger partial charge in [-0.3, -0.25) is 23.4 Å². The van der Waals surface area contributed by atoms with Gasteiger partial charge in [0.05, 0.1) is 39.0 Å². The highest BCUT2D eigenvalue weighted by Gasteiger charge is 2.19. The number of benzene rings is 1. The molecule has 1 aliphatic rings. The van der Waals surface area contributed by atoms with Gasteiger partial charge < -0.3 is 0 Å². The molecular formula is C20H16N4O4S. The number of para-hydroxylation sites is 1. The minimum absolute atomic E-state index is 0.141. The average Bonchev–Trinajstić information content (AvgIpc) is 2.71. The maximum Gasteiger partial charge on any atom is 0.337 e. The Labute approximate surface area is 167 Å². The van der Waals surface area contributed by atoms with E-state index >= 15 is 0 Å². The summed E-state index contributed by atoms with van der Waals surface area (Å²) in [6.45, 7) is -0.151. The maximum atomic E-state index is 13.4. The number of pyridine rings is 1. The number of hydrogen-bond acceptors (Lipinski definition) is 6. The molecule has 4 rings (SSSR count). The van der Waals surface area contributed by atoms with Crippen LogP contribution in [0.5, 0.6) is 0 Å². The second-order valence-corrected chi connectivity index (χ2v) is 7.77. The number of hydrogen-bond donors (Lipinski definition) is 0. The smallest absolute Gasteiger partial charge is 0.294 e. The Morgan fingerprint density at radius 1 is 1.10 bits per heavy atom. The normalized spacial score (nSPS) is 14.8. The van der Waals surface area contributed by atoms with Gasteiger partial charge in [-0.05, 0) is 24.3 Å². The fourth-order valence-corrected chi connectivity index (χ4v) is 3.93. The molecule has 0 amide bonds. The topological polar surface area (TPSA) is 103 Å². The number of rotatable bonds is 4. The van der Waals surface area contributed by atoms with Crippen molar-refractivity contribution in [3.05, 3.63) is 75.2 Å². The molecule has 0 fully saturated rings. The Hall–Kier alpha value is -3.46. The van der Waals surface area contributed by atoms with Crippen LogP contribution in [0.15, 0.2) is 73.8 Å². The Morgan fingerprint density at radius 2 is 1.90 bits per heavy atom. The predicted octanol–water partition coefficient (Wildman–Crippen LogP) is 1.21.